The molecule has 4 rings (SSSR count). The van der Waals surface area contributed by atoms with Crippen molar-refractivity contribution in [2.45, 2.75) is 51.1 Å². The lowest BCUT2D eigenvalue weighted by atomic mass is 10.1. The van der Waals surface area contributed by atoms with Crippen LogP contribution in [0.2, 0.25) is 0 Å². The number of anilines is 1. The van der Waals surface area contributed by atoms with E-state index < -0.39 is 11.8 Å². The highest BCUT2D eigenvalue weighted by molar-refractivity contribution is 6.35. The van der Waals surface area contributed by atoms with Crippen molar-refractivity contribution in [3.05, 3.63) is 65.2 Å². The quantitative estimate of drug-likeness (QED) is 0.636. The van der Waals surface area contributed by atoms with Crippen LogP contribution in [0.25, 0.3) is 0 Å². The van der Waals surface area contributed by atoms with E-state index in [1.807, 2.05) is 49.4 Å². The van der Waals surface area contributed by atoms with E-state index in [1.54, 1.807) is 9.80 Å². The van der Waals surface area contributed by atoms with E-state index in [0.717, 1.165) is 42.6 Å². The first-order valence-corrected chi connectivity index (χ1v) is 11.7. The molecule has 2 aliphatic rings. The molecule has 0 radical (unpaired) electrons. The van der Waals surface area contributed by atoms with E-state index in [-0.39, 0.29) is 24.6 Å². The standard InChI is InChI=1S/C26H31N3O4/c1-18(19-9-12-21(13-10-19)28-15-4-8-24(28)31)27-25(32)26(33)29(16-5-17-30)23-14-11-20-6-2-3-7-22(20)23/h2-3,6-7,9-10,12-13,18,23,30H,4-5,8,11,14-17H2,1H3,(H,27,32). The second-order valence-corrected chi connectivity index (χ2v) is 8.76. The zero-order chi connectivity index (χ0) is 23.4. The van der Waals surface area contributed by atoms with Gasteiger partial charge in [0.1, 0.15) is 0 Å². The summed E-state index contributed by atoms with van der Waals surface area (Å²) in [5.41, 5.74) is 4.00. The summed E-state index contributed by atoms with van der Waals surface area (Å²) in [5.74, 6) is -1.09. The lowest BCUT2D eigenvalue weighted by Gasteiger charge is -2.29. The largest absolute Gasteiger partial charge is 0.396 e. The molecule has 2 aromatic rings. The minimum atomic E-state index is -0.649. The van der Waals surface area contributed by atoms with Crippen LogP contribution in [0.4, 0.5) is 5.69 Å². The van der Waals surface area contributed by atoms with E-state index in [9.17, 15) is 19.5 Å². The van der Waals surface area contributed by atoms with Crippen LogP contribution in [0, 0.1) is 0 Å². The third-order valence-electron chi connectivity index (χ3n) is 6.62. The highest BCUT2D eigenvalue weighted by Crippen LogP contribution is 2.36. The Morgan fingerprint density at radius 1 is 1.15 bits per heavy atom. The number of rotatable bonds is 7. The lowest BCUT2D eigenvalue weighted by molar-refractivity contribution is -0.148. The van der Waals surface area contributed by atoms with Gasteiger partial charge in [-0.25, -0.2) is 0 Å². The average molecular weight is 450 g/mol. The van der Waals surface area contributed by atoms with Gasteiger partial charge in [-0.1, -0.05) is 36.4 Å². The molecule has 2 aromatic carbocycles. The van der Waals surface area contributed by atoms with Crippen LogP contribution in [-0.2, 0) is 20.8 Å². The maximum Gasteiger partial charge on any atom is 0.312 e. The van der Waals surface area contributed by atoms with Crippen molar-refractivity contribution in [1.82, 2.24) is 10.2 Å². The van der Waals surface area contributed by atoms with Crippen LogP contribution in [0.5, 0.6) is 0 Å². The first kappa shape index (κ1) is 23.0. The number of aryl methyl sites for hydroxylation is 1. The number of hydrogen-bond acceptors (Lipinski definition) is 4. The van der Waals surface area contributed by atoms with Crippen molar-refractivity contribution < 1.29 is 19.5 Å². The van der Waals surface area contributed by atoms with E-state index in [4.69, 9.17) is 0 Å². The summed E-state index contributed by atoms with van der Waals surface area (Å²) >= 11 is 0. The molecule has 1 aliphatic heterocycles. The van der Waals surface area contributed by atoms with Gasteiger partial charge in [0.2, 0.25) is 5.91 Å². The number of aliphatic hydroxyl groups is 1. The summed E-state index contributed by atoms with van der Waals surface area (Å²) in [5, 5.41) is 12.1. The minimum absolute atomic E-state index is 0.0396. The molecule has 2 N–H and O–H groups in total. The first-order chi connectivity index (χ1) is 16.0. The van der Waals surface area contributed by atoms with Crippen LogP contribution >= 0.6 is 0 Å². The number of fused-ring (bicyclic) bond motifs is 1. The van der Waals surface area contributed by atoms with Gasteiger partial charge in [0.05, 0.1) is 12.1 Å². The number of amides is 3. The second kappa shape index (κ2) is 10.2. The Kier molecular flexibility index (Phi) is 7.08. The summed E-state index contributed by atoms with van der Waals surface area (Å²) in [6.07, 6.45) is 3.51. The van der Waals surface area contributed by atoms with Gasteiger partial charge in [-0.3, -0.25) is 14.4 Å². The van der Waals surface area contributed by atoms with Gasteiger partial charge in [0.15, 0.2) is 0 Å². The monoisotopic (exact) mass is 449 g/mol. The molecule has 0 saturated carbocycles. The minimum Gasteiger partial charge on any atom is -0.396 e. The Balaban J connectivity index is 1.43. The summed E-state index contributed by atoms with van der Waals surface area (Å²) in [6, 6.07) is 15.0. The average Bonchev–Trinajstić information content (AvgIpc) is 3.45. The normalized spacial score (nSPS) is 18.2. The van der Waals surface area contributed by atoms with Gasteiger partial charge in [0.25, 0.3) is 0 Å². The number of nitrogens with one attached hydrogen (secondary N) is 1. The van der Waals surface area contributed by atoms with Gasteiger partial charge in [-0.2, -0.15) is 0 Å². The van der Waals surface area contributed by atoms with Crippen molar-refractivity contribution in [3.8, 4) is 0 Å². The number of benzene rings is 2. The number of carbonyl (C=O) groups excluding carboxylic acids is 3. The Morgan fingerprint density at radius 3 is 2.61 bits per heavy atom. The Hall–Kier alpha value is -3.19. The molecular weight excluding hydrogens is 418 g/mol. The van der Waals surface area contributed by atoms with Crippen molar-refractivity contribution in [1.29, 1.82) is 0 Å². The fraction of sp³-hybridized carbons (Fsp3) is 0.423. The van der Waals surface area contributed by atoms with Crippen molar-refractivity contribution in [2.75, 3.05) is 24.6 Å². The molecule has 7 nitrogen and oxygen atoms in total. The summed E-state index contributed by atoms with van der Waals surface area (Å²) in [4.78, 5) is 41.4. The maximum atomic E-state index is 13.2. The molecule has 7 heteroatoms. The first-order valence-electron chi connectivity index (χ1n) is 11.7. The molecule has 0 aromatic heterocycles. The molecule has 0 bridgehead atoms. The Morgan fingerprint density at radius 2 is 1.91 bits per heavy atom. The van der Waals surface area contributed by atoms with Crippen LogP contribution in [0.1, 0.15) is 61.4 Å². The van der Waals surface area contributed by atoms with Crippen molar-refractivity contribution in [3.63, 3.8) is 0 Å². The third kappa shape index (κ3) is 4.93. The molecule has 0 spiro atoms. The van der Waals surface area contributed by atoms with Gasteiger partial charge in [-0.15, -0.1) is 0 Å². The maximum absolute atomic E-state index is 13.2. The predicted molar refractivity (Wildman–Crippen MR) is 126 cm³/mol. The lowest BCUT2D eigenvalue weighted by Crippen LogP contribution is -2.45. The summed E-state index contributed by atoms with van der Waals surface area (Å²) in [7, 11) is 0. The van der Waals surface area contributed by atoms with Crippen LogP contribution in [0.3, 0.4) is 0 Å². The van der Waals surface area contributed by atoms with Gasteiger partial charge < -0.3 is 20.2 Å². The molecule has 1 fully saturated rings. The van der Waals surface area contributed by atoms with Gasteiger partial charge >= 0.3 is 11.8 Å². The molecule has 2 unspecified atom stereocenters. The second-order valence-electron chi connectivity index (χ2n) is 8.76. The molecule has 1 saturated heterocycles. The highest BCUT2D eigenvalue weighted by Gasteiger charge is 2.34. The van der Waals surface area contributed by atoms with Crippen LogP contribution in [-0.4, -0.2) is 47.4 Å². The predicted octanol–water partition coefficient (Wildman–Crippen LogP) is 2.89. The van der Waals surface area contributed by atoms with Crippen molar-refractivity contribution >= 4 is 23.4 Å². The Bertz CT molecular complexity index is 1020. The van der Waals surface area contributed by atoms with E-state index in [2.05, 4.69) is 11.4 Å². The van der Waals surface area contributed by atoms with E-state index >= 15 is 0 Å². The molecular formula is C26H31N3O4. The smallest absolute Gasteiger partial charge is 0.312 e. The number of hydrogen-bond donors (Lipinski definition) is 2. The summed E-state index contributed by atoms with van der Waals surface area (Å²) < 4.78 is 0. The SMILES string of the molecule is CC(NC(=O)C(=O)N(CCCO)C1CCc2ccccc21)c1ccc(N2CCCC2=O)cc1. The molecule has 174 valence electrons. The zero-order valence-corrected chi connectivity index (χ0v) is 19.0. The molecule has 2 atom stereocenters. The fourth-order valence-corrected chi connectivity index (χ4v) is 4.83. The Labute approximate surface area is 194 Å². The molecule has 1 heterocycles. The van der Waals surface area contributed by atoms with Gasteiger partial charge in [0, 0.05) is 31.8 Å². The topological polar surface area (TPSA) is 89.9 Å². The third-order valence-corrected chi connectivity index (χ3v) is 6.62. The highest BCUT2D eigenvalue weighted by atomic mass is 16.3. The van der Waals surface area contributed by atoms with E-state index in [0.29, 0.717) is 19.4 Å². The van der Waals surface area contributed by atoms with Gasteiger partial charge in [-0.05, 0) is 61.4 Å². The number of nitrogens with zero attached hydrogens (tertiary/aromatic N) is 2. The molecule has 3 amide bonds. The zero-order valence-electron chi connectivity index (χ0n) is 19.0. The number of carbonyl (C=O) groups is 3. The molecule has 1 aliphatic carbocycles. The van der Waals surface area contributed by atoms with Crippen molar-refractivity contribution in [2.24, 2.45) is 0 Å². The summed E-state index contributed by atoms with van der Waals surface area (Å²) in [6.45, 7) is 2.85. The molecule has 33 heavy (non-hydrogen) atoms. The number of aliphatic hydroxyl groups excluding tert-OH is 1. The van der Waals surface area contributed by atoms with Crippen LogP contribution < -0.4 is 10.2 Å². The van der Waals surface area contributed by atoms with Crippen LogP contribution in [0.15, 0.2) is 48.5 Å². The van der Waals surface area contributed by atoms with E-state index in [1.165, 1.54) is 5.56 Å². The fourth-order valence-electron chi connectivity index (χ4n) is 4.83.